The van der Waals surface area contributed by atoms with Crippen molar-refractivity contribution in [3.05, 3.63) is 47.8 Å². The zero-order valence-electron chi connectivity index (χ0n) is 15.5. The third-order valence-electron chi connectivity index (χ3n) is 5.14. The van der Waals surface area contributed by atoms with Crippen LogP contribution in [0, 0.1) is 11.8 Å². The maximum absolute atomic E-state index is 12.6. The summed E-state index contributed by atoms with van der Waals surface area (Å²) in [7, 11) is 0. The lowest BCUT2D eigenvalue weighted by Gasteiger charge is -2.17. The Balaban J connectivity index is 0.00000243. The number of rotatable bonds is 6. The van der Waals surface area contributed by atoms with Crippen LogP contribution in [-0.4, -0.2) is 22.2 Å². The Bertz CT molecular complexity index is 714. The van der Waals surface area contributed by atoms with E-state index in [-0.39, 0.29) is 24.2 Å². The number of nitrogens with two attached hydrogens (primary N) is 1. The van der Waals surface area contributed by atoms with Gasteiger partial charge in [-0.2, -0.15) is 5.10 Å². The van der Waals surface area contributed by atoms with E-state index >= 15 is 0 Å². The average molecular weight is 377 g/mol. The Kier molecular flexibility index (Phi) is 7.23. The normalized spacial score (nSPS) is 19.4. The van der Waals surface area contributed by atoms with Crippen molar-refractivity contribution in [3.8, 4) is 5.69 Å². The molecule has 1 aromatic carbocycles. The van der Waals surface area contributed by atoms with Gasteiger partial charge in [-0.25, -0.2) is 4.68 Å². The van der Waals surface area contributed by atoms with Crippen molar-refractivity contribution >= 4 is 18.3 Å². The van der Waals surface area contributed by atoms with Gasteiger partial charge in [0, 0.05) is 24.2 Å². The Morgan fingerprint density at radius 2 is 2.04 bits per heavy atom. The highest BCUT2D eigenvalue weighted by atomic mass is 35.5. The molecule has 0 unspecified atom stereocenters. The highest BCUT2D eigenvalue weighted by Crippen LogP contribution is 2.31. The minimum Gasteiger partial charge on any atom is -0.352 e. The van der Waals surface area contributed by atoms with E-state index in [9.17, 15) is 4.79 Å². The van der Waals surface area contributed by atoms with Gasteiger partial charge >= 0.3 is 0 Å². The summed E-state index contributed by atoms with van der Waals surface area (Å²) in [4.78, 5) is 12.6. The molecule has 0 aliphatic heterocycles. The van der Waals surface area contributed by atoms with Crippen LogP contribution >= 0.6 is 12.4 Å². The van der Waals surface area contributed by atoms with Crippen LogP contribution in [-0.2, 0) is 11.3 Å². The molecule has 0 saturated heterocycles. The van der Waals surface area contributed by atoms with Gasteiger partial charge in [-0.15, -0.1) is 12.4 Å². The molecule has 5 nitrogen and oxygen atoms in total. The average Bonchev–Trinajstić information content (AvgIpc) is 3.27. The number of benzene rings is 1. The van der Waals surface area contributed by atoms with Crippen molar-refractivity contribution in [1.82, 2.24) is 15.1 Å². The fraction of sp³-hybridized carbons (Fsp3) is 0.500. The number of aromatic nitrogens is 2. The minimum absolute atomic E-state index is 0. The molecule has 0 spiro atoms. The van der Waals surface area contributed by atoms with Crippen molar-refractivity contribution in [3.63, 3.8) is 0 Å². The maximum atomic E-state index is 12.6. The first kappa shape index (κ1) is 20.5. The summed E-state index contributed by atoms with van der Waals surface area (Å²) >= 11 is 0. The lowest BCUT2D eigenvalue weighted by Crippen LogP contribution is -2.34. The van der Waals surface area contributed by atoms with Crippen molar-refractivity contribution in [1.29, 1.82) is 0 Å². The van der Waals surface area contributed by atoms with E-state index in [0.717, 1.165) is 36.2 Å². The van der Waals surface area contributed by atoms with E-state index in [0.29, 0.717) is 24.9 Å². The van der Waals surface area contributed by atoms with E-state index in [1.807, 2.05) is 41.2 Å². The largest absolute Gasteiger partial charge is 0.352 e. The number of carbonyl (C=O) groups is 1. The van der Waals surface area contributed by atoms with Crippen LogP contribution < -0.4 is 11.1 Å². The second kappa shape index (κ2) is 9.19. The number of nitrogens with zero attached hydrogens (tertiary/aromatic N) is 2. The molecule has 6 heteroatoms. The van der Waals surface area contributed by atoms with E-state index in [1.165, 1.54) is 0 Å². The van der Waals surface area contributed by atoms with Gasteiger partial charge in [0.25, 0.3) is 0 Å². The van der Waals surface area contributed by atoms with E-state index in [2.05, 4.69) is 19.2 Å². The van der Waals surface area contributed by atoms with Crippen LogP contribution in [0.4, 0.5) is 0 Å². The SMILES string of the molecule is CC(C)c1nn(-c2ccccc2)cc1CNC(=O)[C@@H]1CCC[C@@H]1CN.Cl. The van der Waals surface area contributed by atoms with E-state index in [1.54, 1.807) is 0 Å². The van der Waals surface area contributed by atoms with Crippen molar-refractivity contribution in [2.45, 2.75) is 45.6 Å². The first-order valence-corrected chi connectivity index (χ1v) is 9.21. The molecule has 3 N–H and O–H groups in total. The van der Waals surface area contributed by atoms with Crippen LogP contribution in [0.25, 0.3) is 5.69 Å². The molecule has 3 rings (SSSR count). The summed E-state index contributed by atoms with van der Waals surface area (Å²) in [5.41, 5.74) is 8.95. The van der Waals surface area contributed by atoms with Gasteiger partial charge in [-0.05, 0) is 43.4 Å². The number of para-hydroxylation sites is 1. The fourth-order valence-electron chi connectivity index (χ4n) is 3.74. The van der Waals surface area contributed by atoms with Gasteiger partial charge in [-0.3, -0.25) is 4.79 Å². The predicted molar refractivity (Wildman–Crippen MR) is 107 cm³/mol. The number of nitrogens with one attached hydrogen (secondary N) is 1. The molecule has 1 aromatic heterocycles. The summed E-state index contributed by atoms with van der Waals surface area (Å²) in [6, 6.07) is 10.1. The van der Waals surface area contributed by atoms with Crippen molar-refractivity contribution in [2.24, 2.45) is 17.6 Å². The first-order valence-electron chi connectivity index (χ1n) is 9.21. The summed E-state index contributed by atoms with van der Waals surface area (Å²) < 4.78 is 1.90. The number of hydrogen-bond acceptors (Lipinski definition) is 3. The highest BCUT2D eigenvalue weighted by molar-refractivity contribution is 5.85. The Morgan fingerprint density at radius 3 is 2.69 bits per heavy atom. The van der Waals surface area contributed by atoms with Crippen LogP contribution in [0.2, 0.25) is 0 Å². The molecule has 0 radical (unpaired) electrons. The van der Waals surface area contributed by atoms with Crippen LogP contribution in [0.15, 0.2) is 36.5 Å². The van der Waals surface area contributed by atoms with Gasteiger partial charge in [0.2, 0.25) is 5.91 Å². The topological polar surface area (TPSA) is 72.9 Å². The van der Waals surface area contributed by atoms with Crippen LogP contribution in [0.3, 0.4) is 0 Å². The molecule has 1 aliphatic rings. The second-order valence-corrected chi connectivity index (χ2v) is 7.23. The lowest BCUT2D eigenvalue weighted by atomic mass is 9.95. The second-order valence-electron chi connectivity index (χ2n) is 7.23. The van der Waals surface area contributed by atoms with E-state index in [4.69, 9.17) is 10.8 Å². The number of halogens is 1. The van der Waals surface area contributed by atoms with Crippen LogP contribution in [0.5, 0.6) is 0 Å². The van der Waals surface area contributed by atoms with Gasteiger partial charge in [0.15, 0.2) is 0 Å². The Labute approximate surface area is 161 Å². The fourth-order valence-corrected chi connectivity index (χ4v) is 3.74. The smallest absolute Gasteiger partial charge is 0.223 e. The molecular formula is C20H29ClN4O. The zero-order chi connectivity index (χ0) is 17.8. The third kappa shape index (κ3) is 4.46. The molecule has 0 bridgehead atoms. The Hall–Kier alpha value is -1.85. The summed E-state index contributed by atoms with van der Waals surface area (Å²) in [6.45, 7) is 5.38. The molecule has 1 fully saturated rings. The first-order chi connectivity index (χ1) is 12.1. The maximum Gasteiger partial charge on any atom is 0.223 e. The number of amides is 1. The lowest BCUT2D eigenvalue weighted by molar-refractivity contribution is -0.126. The summed E-state index contributed by atoms with van der Waals surface area (Å²) in [6.07, 6.45) is 5.15. The minimum atomic E-state index is 0. The van der Waals surface area contributed by atoms with Gasteiger partial charge in [0.1, 0.15) is 0 Å². The van der Waals surface area contributed by atoms with Crippen molar-refractivity contribution in [2.75, 3.05) is 6.54 Å². The standard InChI is InChI=1S/C20H28N4O.ClH/c1-14(2)19-16(13-24(23-19)17-8-4-3-5-9-17)12-22-20(25)18-10-6-7-15(18)11-21;/h3-5,8-9,13-15,18H,6-7,10-12,21H2,1-2H3,(H,22,25);1H/t15-,18-;/m1./s1. The quantitative estimate of drug-likeness (QED) is 0.811. The van der Waals surface area contributed by atoms with Gasteiger partial charge in [0.05, 0.1) is 11.4 Å². The number of carbonyl (C=O) groups excluding carboxylic acids is 1. The van der Waals surface area contributed by atoms with Crippen molar-refractivity contribution < 1.29 is 4.79 Å². The molecule has 142 valence electrons. The summed E-state index contributed by atoms with van der Waals surface area (Å²) in [5.74, 6) is 0.837. The third-order valence-corrected chi connectivity index (χ3v) is 5.14. The van der Waals surface area contributed by atoms with Gasteiger partial charge < -0.3 is 11.1 Å². The molecule has 1 saturated carbocycles. The molecular weight excluding hydrogens is 348 g/mol. The van der Waals surface area contributed by atoms with E-state index < -0.39 is 0 Å². The monoisotopic (exact) mass is 376 g/mol. The zero-order valence-corrected chi connectivity index (χ0v) is 16.3. The molecule has 1 heterocycles. The molecule has 26 heavy (non-hydrogen) atoms. The Morgan fingerprint density at radius 1 is 1.31 bits per heavy atom. The molecule has 1 amide bonds. The van der Waals surface area contributed by atoms with Crippen LogP contribution in [0.1, 0.15) is 50.3 Å². The predicted octanol–water partition coefficient (Wildman–Crippen LogP) is 3.41. The van der Waals surface area contributed by atoms with Gasteiger partial charge in [-0.1, -0.05) is 38.5 Å². The highest BCUT2D eigenvalue weighted by Gasteiger charge is 2.31. The molecule has 2 atom stereocenters. The number of hydrogen-bond donors (Lipinski definition) is 2. The summed E-state index contributed by atoms with van der Waals surface area (Å²) in [5, 5.41) is 7.85. The molecule has 2 aromatic rings. The molecule has 1 aliphatic carbocycles.